The molecule has 0 aromatic rings. The van der Waals surface area contributed by atoms with Gasteiger partial charge in [0.2, 0.25) is 0 Å². The molecule has 94 valence electrons. The first-order valence-electron chi connectivity index (χ1n) is 5.36. The molecule has 0 spiro atoms. The van der Waals surface area contributed by atoms with Crippen LogP contribution in [0.2, 0.25) is 0 Å². The highest BCUT2D eigenvalue weighted by Crippen LogP contribution is 2.26. The van der Waals surface area contributed by atoms with Crippen molar-refractivity contribution in [3.8, 4) is 0 Å². The number of nitrogens with zero attached hydrogens (tertiary/aromatic N) is 2. The van der Waals surface area contributed by atoms with Crippen molar-refractivity contribution in [1.82, 2.24) is 10.2 Å². The Balaban J connectivity index is 3.01. The van der Waals surface area contributed by atoms with Gasteiger partial charge in [0.1, 0.15) is 17.3 Å². The van der Waals surface area contributed by atoms with Gasteiger partial charge in [-0.3, -0.25) is 0 Å². The Morgan fingerprint density at radius 2 is 2.00 bits per heavy atom. The number of nitrogens with two attached hydrogens (primary N) is 3. The van der Waals surface area contributed by atoms with Crippen molar-refractivity contribution < 1.29 is 0 Å². The van der Waals surface area contributed by atoms with Gasteiger partial charge < -0.3 is 27.4 Å². The van der Waals surface area contributed by atoms with E-state index in [1.165, 1.54) is 6.20 Å². The largest absolute Gasteiger partial charge is 0.393 e. The first kappa shape index (κ1) is 13.0. The third kappa shape index (κ3) is 3.44. The molecule has 1 aliphatic carbocycles. The molecule has 1 aliphatic rings. The van der Waals surface area contributed by atoms with Crippen molar-refractivity contribution in [1.29, 1.82) is 0 Å². The Hall–Kier alpha value is -2.11. The summed E-state index contributed by atoms with van der Waals surface area (Å²) in [5.41, 5.74) is 17.5. The number of hydrogen-bond acceptors (Lipinski definition) is 5. The van der Waals surface area contributed by atoms with Crippen LogP contribution in [0, 0.1) is 0 Å². The molecule has 1 fully saturated rings. The monoisotopic (exact) mass is 236 g/mol. The molecule has 0 aromatic carbocycles. The molecule has 6 heteroatoms. The summed E-state index contributed by atoms with van der Waals surface area (Å²) in [6.45, 7) is 7.07. The molecule has 6 nitrogen and oxygen atoms in total. The molecular formula is C11H20N6. The van der Waals surface area contributed by atoms with Crippen LogP contribution in [-0.4, -0.2) is 23.8 Å². The van der Waals surface area contributed by atoms with Crippen LogP contribution in [0.3, 0.4) is 0 Å². The standard InChI is InChI=1S/C11H20N6/c1-4-15-10(14)9(13)11(16-7(2)12)17(3)8-5-6-8/h4,8,15H,1-2,5-6,12-14H2,3H3/b10-9-,16-11+. The minimum absolute atomic E-state index is 0.196. The maximum Gasteiger partial charge on any atom is 0.157 e. The van der Waals surface area contributed by atoms with E-state index in [1.807, 2.05) is 11.9 Å². The van der Waals surface area contributed by atoms with E-state index in [0.29, 0.717) is 23.4 Å². The second-order valence-corrected chi connectivity index (χ2v) is 3.94. The van der Waals surface area contributed by atoms with E-state index in [1.54, 1.807) is 0 Å². The maximum atomic E-state index is 5.94. The normalized spacial score (nSPS) is 17.1. The van der Waals surface area contributed by atoms with Gasteiger partial charge in [0.25, 0.3) is 0 Å². The minimum atomic E-state index is 0.196. The average Bonchev–Trinajstić information content (AvgIpc) is 3.07. The minimum Gasteiger partial charge on any atom is -0.393 e. The number of aliphatic imine (C=N–C) groups is 1. The average molecular weight is 236 g/mol. The molecular weight excluding hydrogens is 216 g/mol. The predicted molar refractivity (Wildman–Crippen MR) is 70.3 cm³/mol. The number of rotatable bonds is 5. The first-order chi connectivity index (χ1) is 7.97. The van der Waals surface area contributed by atoms with Gasteiger partial charge in [0, 0.05) is 13.1 Å². The van der Waals surface area contributed by atoms with Crippen LogP contribution in [0.25, 0.3) is 0 Å². The lowest BCUT2D eigenvalue weighted by Gasteiger charge is -2.22. The van der Waals surface area contributed by atoms with Crippen LogP contribution >= 0.6 is 0 Å². The summed E-state index contributed by atoms with van der Waals surface area (Å²) in [6, 6.07) is 0.447. The molecule has 0 aliphatic heterocycles. The maximum absolute atomic E-state index is 5.94. The zero-order valence-electron chi connectivity index (χ0n) is 10.1. The van der Waals surface area contributed by atoms with Crippen LogP contribution in [0.1, 0.15) is 12.8 Å². The van der Waals surface area contributed by atoms with E-state index < -0.39 is 0 Å². The van der Waals surface area contributed by atoms with E-state index >= 15 is 0 Å². The molecule has 0 aromatic heterocycles. The zero-order valence-corrected chi connectivity index (χ0v) is 10.1. The Kier molecular flexibility index (Phi) is 4.03. The summed E-state index contributed by atoms with van der Waals surface area (Å²) in [5.74, 6) is 1.03. The van der Waals surface area contributed by atoms with Crippen molar-refractivity contribution in [2.45, 2.75) is 18.9 Å². The Morgan fingerprint density at radius 3 is 2.41 bits per heavy atom. The van der Waals surface area contributed by atoms with Gasteiger partial charge in [0.15, 0.2) is 5.84 Å². The number of amidine groups is 1. The fourth-order valence-electron chi connectivity index (χ4n) is 1.41. The zero-order chi connectivity index (χ0) is 13.0. The van der Waals surface area contributed by atoms with E-state index in [4.69, 9.17) is 17.2 Å². The highest BCUT2D eigenvalue weighted by Gasteiger charge is 2.30. The molecule has 0 radical (unpaired) electrons. The second kappa shape index (κ2) is 5.29. The molecule has 0 unspecified atom stereocenters. The molecule has 7 N–H and O–H groups in total. The summed E-state index contributed by atoms with van der Waals surface area (Å²) < 4.78 is 0. The lowest BCUT2D eigenvalue weighted by Crippen LogP contribution is -2.37. The van der Waals surface area contributed by atoms with Gasteiger partial charge in [0.05, 0.1) is 0 Å². The van der Waals surface area contributed by atoms with Gasteiger partial charge in [-0.15, -0.1) is 0 Å². The summed E-state index contributed by atoms with van der Waals surface area (Å²) >= 11 is 0. The lowest BCUT2D eigenvalue weighted by atomic mass is 10.3. The highest BCUT2D eigenvalue weighted by molar-refractivity contribution is 5.98. The molecule has 0 atom stereocenters. The predicted octanol–water partition coefficient (Wildman–Crippen LogP) is -0.271. The van der Waals surface area contributed by atoms with Gasteiger partial charge in [-0.1, -0.05) is 13.2 Å². The van der Waals surface area contributed by atoms with E-state index in [2.05, 4.69) is 23.5 Å². The van der Waals surface area contributed by atoms with Gasteiger partial charge in [-0.05, 0) is 19.0 Å². The third-order valence-corrected chi connectivity index (χ3v) is 2.47. The lowest BCUT2D eigenvalue weighted by molar-refractivity contribution is 0.493. The highest BCUT2D eigenvalue weighted by atomic mass is 15.2. The topological polar surface area (TPSA) is 106 Å². The van der Waals surface area contributed by atoms with Crippen molar-refractivity contribution in [3.63, 3.8) is 0 Å². The summed E-state index contributed by atoms with van der Waals surface area (Å²) in [4.78, 5) is 6.09. The van der Waals surface area contributed by atoms with E-state index in [9.17, 15) is 0 Å². The fraction of sp³-hybridized carbons (Fsp3) is 0.364. The van der Waals surface area contributed by atoms with Crippen LogP contribution in [-0.2, 0) is 0 Å². The Bertz CT molecular complexity index is 377. The summed E-state index contributed by atoms with van der Waals surface area (Å²) in [6.07, 6.45) is 3.69. The van der Waals surface area contributed by atoms with Gasteiger partial charge in [-0.25, -0.2) is 4.99 Å². The van der Waals surface area contributed by atoms with Crippen molar-refractivity contribution in [2.75, 3.05) is 7.05 Å². The molecule has 17 heavy (non-hydrogen) atoms. The van der Waals surface area contributed by atoms with Crippen LogP contribution in [0.4, 0.5) is 0 Å². The Labute approximate surface area is 102 Å². The molecule has 1 rings (SSSR count). The quantitative estimate of drug-likeness (QED) is 0.388. The van der Waals surface area contributed by atoms with Gasteiger partial charge in [-0.2, -0.15) is 0 Å². The van der Waals surface area contributed by atoms with E-state index in [0.717, 1.165) is 12.8 Å². The van der Waals surface area contributed by atoms with Crippen LogP contribution < -0.4 is 22.5 Å². The Morgan fingerprint density at radius 1 is 1.41 bits per heavy atom. The van der Waals surface area contributed by atoms with Crippen molar-refractivity contribution in [3.05, 3.63) is 36.7 Å². The third-order valence-electron chi connectivity index (χ3n) is 2.47. The first-order valence-corrected chi connectivity index (χ1v) is 5.36. The number of hydrogen-bond donors (Lipinski definition) is 4. The summed E-state index contributed by atoms with van der Waals surface area (Å²) in [7, 11) is 1.91. The summed E-state index contributed by atoms with van der Waals surface area (Å²) in [5, 5.41) is 2.73. The SMILES string of the molecule is C=CN/C(N)=C(N)/C(=N\C(=C)N)N(C)C1CC1. The van der Waals surface area contributed by atoms with Crippen molar-refractivity contribution in [2.24, 2.45) is 22.2 Å². The van der Waals surface area contributed by atoms with Crippen LogP contribution in [0.5, 0.6) is 0 Å². The molecule has 0 heterocycles. The fourth-order valence-corrected chi connectivity index (χ4v) is 1.41. The molecule has 0 bridgehead atoms. The van der Waals surface area contributed by atoms with Gasteiger partial charge >= 0.3 is 0 Å². The van der Waals surface area contributed by atoms with E-state index in [-0.39, 0.29) is 5.82 Å². The molecule has 1 saturated carbocycles. The van der Waals surface area contributed by atoms with Crippen LogP contribution in [0.15, 0.2) is 41.7 Å². The smallest absolute Gasteiger partial charge is 0.157 e. The second-order valence-electron chi connectivity index (χ2n) is 3.94. The van der Waals surface area contributed by atoms with Crippen molar-refractivity contribution >= 4 is 5.84 Å². The molecule has 0 saturated heterocycles. The number of likely N-dealkylation sites (N-methyl/N-ethyl adjacent to an activating group) is 1. The molecule has 0 amide bonds. The number of nitrogens with one attached hydrogen (secondary N) is 1.